The first-order chi connectivity index (χ1) is 26.6. The Bertz CT molecular complexity index is 740. The van der Waals surface area contributed by atoms with Gasteiger partial charge >= 0.3 is 11.9 Å². The van der Waals surface area contributed by atoms with Gasteiger partial charge in [0.25, 0.3) is 0 Å². The fourth-order valence-corrected chi connectivity index (χ4v) is 7.45. The highest BCUT2D eigenvalue weighted by Gasteiger charge is 2.17. The molecule has 0 radical (unpaired) electrons. The van der Waals surface area contributed by atoms with E-state index in [1.165, 1.54) is 212 Å². The first-order valence-corrected chi connectivity index (χ1v) is 24.6. The van der Waals surface area contributed by atoms with Crippen molar-refractivity contribution in [2.45, 2.75) is 284 Å². The normalized spacial score (nSPS) is 12.0. The van der Waals surface area contributed by atoms with Crippen molar-refractivity contribution in [3.63, 3.8) is 0 Å². The maximum Gasteiger partial charge on any atom is 0.306 e. The quantitative estimate of drug-likeness (QED) is 0.0456. The van der Waals surface area contributed by atoms with E-state index in [0.717, 1.165) is 32.1 Å². The second-order valence-corrected chi connectivity index (χ2v) is 16.7. The second kappa shape index (κ2) is 46.3. The lowest BCUT2D eigenvalue weighted by atomic mass is 10.0. The van der Waals surface area contributed by atoms with E-state index in [1.807, 2.05) is 0 Å². The van der Waals surface area contributed by atoms with Gasteiger partial charge in [-0.15, -0.1) is 0 Å². The highest BCUT2D eigenvalue weighted by atomic mass is 16.6. The van der Waals surface area contributed by atoms with E-state index in [0.29, 0.717) is 26.1 Å². The highest BCUT2D eigenvalue weighted by Crippen LogP contribution is 2.16. The molecule has 0 aliphatic heterocycles. The van der Waals surface area contributed by atoms with Crippen molar-refractivity contribution in [1.82, 2.24) is 0 Å². The van der Waals surface area contributed by atoms with Crippen LogP contribution in [-0.4, -0.2) is 37.9 Å². The monoisotopic (exact) mass is 765 g/mol. The molecule has 0 aromatic rings. The number of esters is 2. The zero-order valence-corrected chi connectivity index (χ0v) is 37.0. The Kier molecular flexibility index (Phi) is 45.3. The molecule has 0 aliphatic carbocycles. The van der Waals surface area contributed by atoms with Gasteiger partial charge in [-0.2, -0.15) is 0 Å². The maximum atomic E-state index is 12.6. The largest absolute Gasteiger partial charge is 0.462 e. The fraction of sp³-hybridized carbons (Fsp3) is 0.959. The van der Waals surface area contributed by atoms with E-state index < -0.39 is 6.10 Å². The van der Waals surface area contributed by atoms with E-state index in [-0.39, 0.29) is 18.5 Å². The molecule has 0 N–H and O–H groups in total. The third-order valence-corrected chi connectivity index (χ3v) is 11.1. The van der Waals surface area contributed by atoms with Gasteiger partial charge < -0.3 is 14.2 Å². The molecule has 5 nitrogen and oxygen atoms in total. The van der Waals surface area contributed by atoms with Crippen LogP contribution in [0.4, 0.5) is 0 Å². The van der Waals surface area contributed by atoms with Gasteiger partial charge in [0.2, 0.25) is 0 Å². The number of hydrogen-bond donors (Lipinski definition) is 0. The zero-order valence-electron chi connectivity index (χ0n) is 37.0. The first kappa shape index (κ1) is 52.9. The van der Waals surface area contributed by atoms with Crippen molar-refractivity contribution in [1.29, 1.82) is 0 Å². The SMILES string of the molecule is CCCCCCCCCCCCCCCCCCCCCCOCC(COC(=O)CCCCCCCCCCCCC)OC(=O)CCCCCCCCC. The zero-order chi connectivity index (χ0) is 39.3. The summed E-state index contributed by atoms with van der Waals surface area (Å²) in [4.78, 5) is 25.1. The Morgan fingerprint density at radius 2 is 0.611 bits per heavy atom. The highest BCUT2D eigenvalue weighted by molar-refractivity contribution is 5.70. The summed E-state index contributed by atoms with van der Waals surface area (Å²) < 4.78 is 17.3. The average molecular weight is 765 g/mol. The van der Waals surface area contributed by atoms with Gasteiger partial charge in [-0.1, -0.05) is 245 Å². The standard InChI is InChI=1S/C49H96O5/c1-4-7-10-13-16-18-20-21-22-23-24-25-26-27-28-30-32-35-38-41-44-52-45-47(54-49(51)43-40-37-33-15-12-9-6-3)46-53-48(50)42-39-36-34-31-29-19-17-14-11-8-5-2/h47H,4-46H2,1-3H3. The molecule has 322 valence electrons. The van der Waals surface area contributed by atoms with Crippen molar-refractivity contribution in [2.75, 3.05) is 19.8 Å². The number of rotatable bonds is 46. The smallest absolute Gasteiger partial charge is 0.306 e. The summed E-state index contributed by atoms with van der Waals surface area (Å²) in [6, 6.07) is 0. The Morgan fingerprint density at radius 3 is 0.944 bits per heavy atom. The summed E-state index contributed by atoms with van der Waals surface area (Å²) in [5.41, 5.74) is 0. The predicted molar refractivity (Wildman–Crippen MR) is 233 cm³/mol. The molecular weight excluding hydrogens is 669 g/mol. The number of carbonyl (C=O) groups excluding carboxylic acids is 2. The van der Waals surface area contributed by atoms with Crippen molar-refractivity contribution >= 4 is 11.9 Å². The predicted octanol–water partition coefficient (Wildman–Crippen LogP) is 16.1. The Labute approximate surface area is 338 Å². The van der Waals surface area contributed by atoms with Crippen LogP contribution in [0.15, 0.2) is 0 Å². The van der Waals surface area contributed by atoms with Gasteiger partial charge in [0.1, 0.15) is 6.61 Å². The molecule has 0 amide bonds. The molecule has 0 aromatic carbocycles. The molecule has 5 heteroatoms. The minimum atomic E-state index is -0.520. The molecule has 0 saturated carbocycles. The third-order valence-electron chi connectivity index (χ3n) is 11.1. The maximum absolute atomic E-state index is 12.6. The van der Waals surface area contributed by atoms with Crippen LogP contribution >= 0.6 is 0 Å². The van der Waals surface area contributed by atoms with Crippen molar-refractivity contribution in [2.24, 2.45) is 0 Å². The summed E-state index contributed by atoms with van der Waals surface area (Å²) in [5.74, 6) is -0.384. The summed E-state index contributed by atoms with van der Waals surface area (Å²) in [5, 5.41) is 0. The van der Waals surface area contributed by atoms with Gasteiger partial charge in [-0.3, -0.25) is 9.59 Å². The molecule has 1 atom stereocenters. The number of carbonyl (C=O) groups is 2. The Morgan fingerprint density at radius 1 is 0.333 bits per heavy atom. The van der Waals surface area contributed by atoms with Crippen LogP contribution < -0.4 is 0 Å². The summed E-state index contributed by atoms with van der Waals surface area (Å²) in [6.07, 6.45) is 49.8. The second-order valence-electron chi connectivity index (χ2n) is 16.7. The number of ether oxygens (including phenoxy) is 3. The van der Waals surface area contributed by atoms with Gasteiger partial charge in [0.15, 0.2) is 6.10 Å². The minimum Gasteiger partial charge on any atom is -0.462 e. The van der Waals surface area contributed by atoms with E-state index in [4.69, 9.17) is 14.2 Å². The molecule has 0 aromatic heterocycles. The van der Waals surface area contributed by atoms with Gasteiger partial charge in [0, 0.05) is 19.4 Å². The molecule has 0 aliphatic rings. The van der Waals surface area contributed by atoms with Crippen LogP contribution in [0.5, 0.6) is 0 Å². The Balaban J connectivity index is 4.00. The summed E-state index contributed by atoms with van der Waals surface area (Å²) >= 11 is 0. The van der Waals surface area contributed by atoms with Crippen LogP contribution in [0, 0.1) is 0 Å². The van der Waals surface area contributed by atoms with E-state index >= 15 is 0 Å². The molecule has 0 bridgehead atoms. The summed E-state index contributed by atoms with van der Waals surface area (Å²) in [6.45, 7) is 7.85. The minimum absolute atomic E-state index is 0.0961. The molecule has 0 fully saturated rings. The first-order valence-electron chi connectivity index (χ1n) is 24.6. The number of hydrogen-bond acceptors (Lipinski definition) is 5. The van der Waals surface area contributed by atoms with Gasteiger partial charge in [-0.05, 0) is 19.3 Å². The topological polar surface area (TPSA) is 61.8 Å². The van der Waals surface area contributed by atoms with Crippen molar-refractivity contribution < 1.29 is 23.8 Å². The van der Waals surface area contributed by atoms with Crippen molar-refractivity contribution in [3.8, 4) is 0 Å². The molecule has 0 heterocycles. The molecule has 0 saturated heterocycles. The number of unbranched alkanes of at least 4 members (excludes halogenated alkanes) is 35. The lowest BCUT2D eigenvalue weighted by molar-refractivity contribution is -0.163. The van der Waals surface area contributed by atoms with E-state index in [1.54, 1.807) is 0 Å². The fourth-order valence-electron chi connectivity index (χ4n) is 7.45. The molecule has 0 rings (SSSR count). The van der Waals surface area contributed by atoms with E-state index in [9.17, 15) is 9.59 Å². The van der Waals surface area contributed by atoms with Crippen LogP contribution in [0.1, 0.15) is 278 Å². The van der Waals surface area contributed by atoms with E-state index in [2.05, 4.69) is 20.8 Å². The van der Waals surface area contributed by atoms with Gasteiger partial charge in [0.05, 0.1) is 6.61 Å². The van der Waals surface area contributed by atoms with Gasteiger partial charge in [-0.25, -0.2) is 0 Å². The van der Waals surface area contributed by atoms with Crippen LogP contribution in [0.3, 0.4) is 0 Å². The Hall–Kier alpha value is -1.10. The molecule has 0 spiro atoms. The molecule has 54 heavy (non-hydrogen) atoms. The average Bonchev–Trinajstić information content (AvgIpc) is 3.17. The van der Waals surface area contributed by atoms with Crippen LogP contribution in [-0.2, 0) is 23.8 Å². The van der Waals surface area contributed by atoms with Crippen molar-refractivity contribution in [3.05, 3.63) is 0 Å². The third kappa shape index (κ3) is 43.6. The van der Waals surface area contributed by atoms with Crippen LogP contribution in [0.25, 0.3) is 0 Å². The lowest BCUT2D eigenvalue weighted by Crippen LogP contribution is -2.30. The summed E-state index contributed by atoms with van der Waals surface area (Å²) in [7, 11) is 0. The van der Waals surface area contributed by atoms with Crippen LogP contribution in [0.2, 0.25) is 0 Å². The lowest BCUT2D eigenvalue weighted by Gasteiger charge is -2.18. The molecule has 1 unspecified atom stereocenters. The molecular formula is C49H96O5.